The number of carboxylic acid groups (broad SMARTS) is 1. The van der Waals surface area contributed by atoms with E-state index in [0.29, 0.717) is 18.7 Å². The Kier molecular flexibility index (Phi) is 4.08. The molecule has 114 valence electrons. The third kappa shape index (κ3) is 3.09. The summed E-state index contributed by atoms with van der Waals surface area (Å²) in [6, 6.07) is 7.60. The molecule has 1 aliphatic rings. The molecular weight excluding hydrogens is 266 g/mol. The highest BCUT2D eigenvalue weighted by Crippen LogP contribution is 2.29. The molecule has 0 radical (unpaired) electrons. The van der Waals surface area contributed by atoms with Gasteiger partial charge in [-0.05, 0) is 23.0 Å². The van der Waals surface area contributed by atoms with Crippen molar-refractivity contribution in [3.63, 3.8) is 0 Å². The van der Waals surface area contributed by atoms with Crippen LogP contribution in [0.2, 0.25) is 0 Å². The van der Waals surface area contributed by atoms with E-state index in [0.717, 1.165) is 5.56 Å². The van der Waals surface area contributed by atoms with Crippen LogP contribution in [0.4, 0.5) is 0 Å². The third-order valence-electron chi connectivity index (χ3n) is 4.18. The van der Waals surface area contributed by atoms with Crippen molar-refractivity contribution in [3.05, 3.63) is 35.4 Å². The predicted molar refractivity (Wildman–Crippen MR) is 81.3 cm³/mol. The van der Waals surface area contributed by atoms with Crippen molar-refractivity contribution in [1.29, 1.82) is 0 Å². The number of aliphatic carboxylic acids is 1. The molecule has 1 amide bonds. The molecule has 0 saturated carbocycles. The molecule has 1 saturated heterocycles. The van der Waals surface area contributed by atoms with E-state index < -0.39 is 11.9 Å². The van der Waals surface area contributed by atoms with Gasteiger partial charge in [-0.15, -0.1) is 0 Å². The monoisotopic (exact) mass is 289 g/mol. The number of carboxylic acids is 1. The highest BCUT2D eigenvalue weighted by Gasteiger charge is 2.38. The first-order chi connectivity index (χ1) is 9.71. The number of rotatable bonds is 2. The molecule has 0 spiro atoms. The number of carbonyl (C=O) groups excluding carboxylic acids is 1. The first-order valence-corrected chi connectivity index (χ1v) is 7.33. The zero-order valence-electron chi connectivity index (χ0n) is 13.1. The van der Waals surface area contributed by atoms with Crippen molar-refractivity contribution in [2.75, 3.05) is 13.1 Å². The summed E-state index contributed by atoms with van der Waals surface area (Å²) in [5.74, 6) is -1.35. The number of benzene rings is 1. The fourth-order valence-electron chi connectivity index (χ4n) is 2.95. The van der Waals surface area contributed by atoms with Gasteiger partial charge in [0.2, 0.25) is 0 Å². The van der Waals surface area contributed by atoms with Crippen LogP contribution in [0.25, 0.3) is 0 Å². The Morgan fingerprint density at radius 3 is 2.33 bits per heavy atom. The molecule has 4 heteroatoms. The molecule has 0 unspecified atom stereocenters. The Morgan fingerprint density at radius 1 is 1.19 bits per heavy atom. The number of amides is 1. The second kappa shape index (κ2) is 5.51. The van der Waals surface area contributed by atoms with Crippen LogP contribution in [0.1, 0.15) is 43.6 Å². The fraction of sp³-hybridized carbons (Fsp3) is 0.529. The van der Waals surface area contributed by atoms with Crippen molar-refractivity contribution >= 4 is 11.9 Å². The zero-order valence-corrected chi connectivity index (χ0v) is 13.1. The minimum Gasteiger partial charge on any atom is -0.481 e. The molecule has 1 aromatic carbocycles. The van der Waals surface area contributed by atoms with Crippen molar-refractivity contribution in [1.82, 2.24) is 4.90 Å². The quantitative estimate of drug-likeness (QED) is 0.910. The summed E-state index contributed by atoms with van der Waals surface area (Å²) in [6.45, 7) is 8.92. The first kappa shape index (κ1) is 15.5. The second-order valence-electron chi connectivity index (χ2n) is 6.93. The topological polar surface area (TPSA) is 57.6 Å². The number of likely N-dealkylation sites (tertiary alicyclic amines) is 1. The normalized spacial score (nSPS) is 22.4. The van der Waals surface area contributed by atoms with E-state index in [1.165, 1.54) is 0 Å². The van der Waals surface area contributed by atoms with Gasteiger partial charge in [-0.1, -0.05) is 45.9 Å². The van der Waals surface area contributed by atoms with Gasteiger partial charge < -0.3 is 10.0 Å². The molecule has 1 fully saturated rings. The van der Waals surface area contributed by atoms with Crippen molar-refractivity contribution < 1.29 is 14.7 Å². The lowest BCUT2D eigenvalue weighted by Crippen LogP contribution is -2.32. The molecular formula is C17H23NO3. The van der Waals surface area contributed by atoms with E-state index in [-0.39, 0.29) is 17.2 Å². The third-order valence-corrected chi connectivity index (χ3v) is 4.18. The van der Waals surface area contributed by atoms with Crippen molar-refractivity contribution in [2.45, 2.75) is 33.1 Å². The second-order valence-corrected chi connectivity index (χ2v) is 6.93. The number of nitrogens with zero attached hydrogens (tertiary/aromatic N) is 1. The Hall–Kier alpha value is -1.84. The fourth-order valence-corrected chi connectivity index (χ4v) is 2.95. The smallest absolute Gasteiger partial charge is 0.308 e. The Balaban J connectivity index is 2.29. The van der Waals surface area contributed by atoms with Crippen molar-refractivity contribution in [2.24, 2.45) is 11.8 Å². The first-order valence-electron chi connectivity index (χ1n) is 7.33. The predicted octanol–water partition coefficient (Wildman–Crippen LogP) is 2.78. The van der Waals surface area contributed by atoms with Gasteiger partial charge in [0.15, 0.2) is 0 Å². The molecule has 1 aromatic rings. The number of hydrogen-bond donors (Lipinski definition) is 1. The minimum atomic E-state index is -0.818. The number of carbonyl (C=O) groups is 2. The van der Waals surface area contributed by atoms with Crippen LogP contribution in [0.5, 0.6) is 0 Å². The molecule has 2 rings (SSSR count). The van der Waals surface area contributed by atoms with E-state index in [9.17, 15) is 14.7 Å². The van der Waals surface area contributed by atoms with Gasteiger partial charge in [0.05, 0.1) is 5.92 Å². The van der Waals surface area contributed by atoms with Crippen LogP contribution >= 0.6 is 0 Å². The van der Waals surface area contributed by atoms with Crippen LogP contribution in [0.15, 0.2) is 24.3 Å². The Morgan fingerprint density at radius 2 is 1.81 bits per heavy atom. The Bertz CT molecular complexity index is 559. The van der Waals surface area contributed by atoms with Crippen LogP contribution in [-0.2, 0) is 10.2 Å². The standard InChI is InChI=1S/C17H23NO3/c1-11-9-18(10-13(11)16(20)21)15(19)12-7-5-6-8-14(12)17(2,3)4/h5-8,11,13H,9-10H2,1-4H3,(H,20,21)/t11-,13-/m1/s1. The largest absolute Gasteiger partial charge is 0.481 e. The molecule has 2 atom stereocenters. The zero-order chi connectivity index (χ0) is 15.8. The molecule has 1 aliphatic heterocycles. The maximum atomic E-state index is 12.8. The van der Waals surface area contributed by atoms with Crippen LogP contribution in [-0.4, -0.2) is 35.0 Å². The molecule has 4 nitrogen and oxygen atoms in total. The summed E-state index contributed by atoms with van der Waals surface area (Å²) in [5, 5.41) is 9.20. The average Bonchev–Trinajstić information content (AvgIpc) is 2.79. The Labute approximate surface area is 125 Å². The van der Waals surface area contributed by atoms with Crippen LogP contribution in [0, 0.1) is 11.8 Å². The van der Waals surface area contributed by atoms with E-state index >= 15 is 0 Å². The van der Waals surface area contributed by atoms with Gasteiger partial charge in [0.25, 0.3) is 5.91 Å². The molecule has 0 aromatic heterocycles. The van der Waals surface area contributed by atoms with Crippen LogP contribution in [0.3, 0.4) is 0 Å². The molecule has 0 aliphatic carbocycles. The summed E-state index contributed by atoms with van der Waals surface area (Å²) >= 11 is 0. The molecule has 0 bridgehead atoms. The molecule has 1 heterocycles. The lowest BCUT2D eigenvalue weighted by Gasteiger charge is -2.25. The van der Waals surface area contributed by atoms with E-state index in [1.807, 2.05) is 31.2 Å². The molecule has 21 heavy (non-hydrogen) atoms. The maximum absolute atomic E-state index is 12.8. The van der Waals surface area contributed by atoms with Crippen LogP contribution < -0.4 is 0 Å². The average molecular weight is 289 g/mol. The maximum Gasteiger partial charge on any atom is 0.308 e. The van der Waals surface area contributed by atoms with E-state index in [1.54, 1.807) is 4.90 Å². The summed E-state index contributed by atoms with van der Waals surface area (Å²) in [7, 11) is 0. The summed E-state index contributed by atoms with van der Waals surface area (Å²) in [4.78, 5) is 25.6. The van der Waals surface area contributed by atoms with E-state index in [2.05, 4.69) is 20.8 Å². The van der Waals surface area contributed by atoms with Gasteiger partial charge in [-0.3, -0.25) is 9.59 Å². The van der Waals surface area contributed by atoms with Crippen molar-refractivity contribution in [3.8, 4) is 0 Å². The highest BCUT2D eigenvalue weighted by molar-refractivity contribution is 5.96. The molecule has 1 N–H and O–H groups in total. The number of hydrogen-bond acceptors (Lipinski definition) is 2. The minimum absolute atomic E-state index is 0.00625. The highest BCUT2D eigenvalue weighted by atomic mass is 16.4. The SMILES string of the molecule is C[C@@H]1CN(C(=O)c2ccccc2C(C)(C)C)C[C@H]1C(=O)O. The lowest BCUT2D eigenvalue weighted by molar-refractivity contribution is -0.142. The summed E-state index contributed by atoms with van der Waals surface area (Å²) in [5.41, 5.74) is 1.56. The van der Waals surface area contributed by atoms with Gasteiger partial charge in [-0.25, -0.2) is 0 Å². The van der Waals surface area contributed by atoms with Gasteiger partial charge >= 0.3 is 5.97 Å². The van der Waals surface area contributed by atoms with Gasteiger partial charge in [0.1, 0.15) is 0 Å². The summed E-state index contributed by atoms with van der Waals surface area (Å²) < 4.78 is 0. The van der Waals surface area contributed by atoms with E-state index in [4.69, 9.17) is 0 Å². The lowest BCUT2D eigenvalue weighted by atomic mass is 9.83. The van der Waals surface area contributed by atoms with Gasteiger partial charge in [-0.2, -0.15) is 0 Å². The summed E-state index contributed by atoms with van der Waals surface area (Å²) in [6.07, 6.45) is 0. The van der Waals surface area contributed by atoms with Gasteiger partial charge in [0, 0.05) is 18.7 Å².